The third-order valence-electron chi connectivity index (χ3n) is 4.24. The highest BCUT2D eigenvalue weighted by Crippen LogP contribution is 2.23. The number of hydrogen-bond acceptors (Lipinski definition) is 3. The Morgan fingerprint density at radius 3 is 2.50 bits per heavy atom. The van der Waals surface area contributed by atoms with Crippen LogP contribution in [0.1, 0.15) is 59.8 Å². The average Bonchev–Trinajstić information content (AvgIpc) is 2.41. The van der Waals surface area contributed by atoms with Crippen LogP contribution in [0.25, 0.3) is 0 Å². The van der Waals surface area contributed by atoms with Crippen LogP contribution in [-0.4, -0.2) is 47.6 Å². The molecule has 22 heavy (non-hydrogen) atoms. The van der Waals surface area contributed by atoms with Crippen molar-refractivity contribution in [2.45, 2.75) is 65.8 Å². The zero-order valence-electron chi connectivity index (χ0n) is 14.5. The van der Waals surface area contributed by atoms with Crippen molar-refractivity contribution in [3.63, 3.8) is 0 Å². The Labute approximate surface area is 134 Å². The molecule has 5 heteroatoms. The smallest absolute Gasteiger partial charge is 0.304 e. The molecule has 1 aliphatic rings. The summed E-state index contributed by atoms with van der Waals surface area (Å²) < 4.78 is 0. The van der Waals surface area contributed by atoms with Crippen molar-refractivity contribution in [1.82, 2.24) is 10.2 Å². The Morgan fingerprint density at radius 2 is 1.95 bits per heavy atom. The van der Waals surface area contributed by atoms with Gasteiger partial charge in [-0.2, -0.15) is 0 Å². The molecule has 1 rings (SSSR count). The number of unbranched alkanes of at least 4 members (excludes halogenated alkanes) is 1. The number of nitrogens with zero attached hydrogens (tertiary/aromatic N) is 1. The molecule has 5 nitrogen and oxygen atoms in total. The number of hydrogen-bond donors (Lipinski definition) is 2. The van der Waals surface area contributed by atoms with Gasteiger partial charge in [-0.05, 0) is 18.8 Å². The molecular weight excluding hydrogens is 280 g/mol. The van der Waals surface area contributed by atoms with Gasteiger partial charge in [-0.1, -0.05) is 40.5 Å². The molecule has 128 valence electrons. The van der Waals surface area contributed by atoms with Crippen LogP contribution in [0.5, 0.6) is 0 Å². The monoisotopic (exact) mass is 312 g/mol. The standard InChI is InChI=1S/C17H32N2O3/c1-5-6-7-13-10-14(18-16(22)17(2,3)4)12-19(11-13)9-8-15(20)21/h13-14H,5-12H2,1-4H3,(H,18,22)(H,20,21). The number of carbonyl (C=O) groups is 2. The fraction of sp³-hybridized carbons (Fsp3) is 0.882. The number of carbonyl (C=O) groups excluding carboxylic acids is 1. The summed E-state index contributed by atoms with van der Waals surface area (Å²) >= 11 is 0. The lowest BCUT2D eigenvalue weighted by atomic mass is 9.88. The van der Waals surface area contributed by atoms with Crippen molar-refractivity contribution < 1.29 is 14.7 Å². The second-order valence-electron chi connectivity index (χ2n) is 7.57. The number of nitrogens with one attached hydrogen (secondary N) is 1. The molecule has 0 bridgehead atoms. The molecule has 2 unspecified atom stereocenters. The Morgan fingerprint density at radius 1 is 1.27 bits per heavy atom. The quantitative estimate of drug-likeness (QED) is 0.758. The fourth-order valence-corrected chi connectivity index (χ4v) is 2.95. The molecule has 1 amide bonds. The Kier molecular flexibility index (Phi) is 7.33. The van der Waals surface area contributed by atoms with E-state index in [2.05, 4.69) is 17.1 Å². The Hall–Kier alpha value is -1.10. The molecular formula is C17H32N2O3. The largest absolute Gasteiger partial charge is 0.481 e. The first kappa shape index (κ1) is 18.9. The topological polar surface area (TPSA) is 69.6 Å². The van der Waals surface area contributed by atoms with E-state index in [1.807, 2.05) is 20.8 Å². The maximum absolute atomic E-state index is 12.2. The van der Waals surface area contributed by atoms with E-state index in [9.17, 15) is 9.59 Å². The van der Waals surface area contributed by atoms with Crippen LogP contribution in [0.15, 0.2) is 0 Å². The maximum Gasteiger partial charge on any atom is 0.304 e. The van der Waals surface area contributed by atoms with Gasteiger partial charge in [-0.25, -0.2) is 0 Å². The van der Waals surface area contributed by atoms with Crippen molar-refractivity contribution in [1.29, 1.82) is 0 Å². The number of likely N-dealkylation sites (tertiary alicyclic amines) is 1. The van der Waals surface area contributed by atoms with Gasteiger partial charge in [0.1, 0.15) is 0 Å². The fourth-order valence-electron chi connectivity index (χ4n) is 2.95. The molecule has 0 aromatic carbocycles. The molecule has 0 radical (unpaired) electrons. The summed E-state index contributed by atoms with van der Waals surface area (Å²) in [6, 6.07) is 0.135. The van der Waals surface area contributed by atoms with Gasteiger partial charge in [0.25, 0.3) is 0 Å². The van der Waals surface area contributed by atoms with Crippen LogP contribution < -0.4 is 5.32 Å². The van der Waals surface area contributed by atoms with Crippen molar-refractivity contribution in [2.24, 2.45) is 11.3 Å². The highest BCUT2D eigenvalue weighted by molar-refractivity contribution is 5.81. The lowest BCUT2D eigenvalue weighted by Gasteiger charge is -2.39. The van der Waals surface area contributed by atoms with Crippen molar-refractivity contribution in [3.8, 4) is 0 Å². The predicted octanol–water partition coefficient (Wildman–Crippen LogP) is 2.50. The van der Waals surface area contributed by atoms with Crippen LogP contribution >= 0.6 is 0 Å². The number of carboxylic acids is 1. The van der Waals surface area contributed by atoms with E-state index in [0.29, 0.717) is 12.5 Å². The highest BCUT2D eigenvalue weighted by atomic mass is 16.4. The van der Waals surface area contributed by atoms with E-state index < -0.39 is 5.97 Å². The zero-order valence-corrected chi connectivity index (χ0v) is 14.5. The first-order valence-electron chi connectivity index (χ1n) is 8.47. The molecule has 1 fully saturated rings. The summed E-state index contributed by atoms with van der Waals surface area (Å²) in [5, 5.41) is 12.0. The van der Waals surface area contributed by atoms with Gasteiger partial charge in [0.05, 0.1) is 6.42 Å². The summed E-state index contributed by atoms with van der Waals surface area (Å²) in [7, 11) is 0. The van der Waals surface area contributed by atoms with E-state index in [1.165, 1.54) is 12.8 Å². The molecule has 0 aromatic rings. The molecule has 0 aromatic heterocycles. The molecule has 0 aliphatic carbocycles. The first-order chi connectivity index (χ1) is 10.2. The number of carboxylic acid groups (broad SMARTS) is 1. The minimum Gasteiger partial charge on any atom is -0.481 e. The van der Waals surface area contributed by atoms with Crippen LogP contribution in [0, 0.1) is 11.3 Å². The van der Waals surface area contributed by atoms with Gasteiger partial charge in [0, 0.05) is 31.1 Å². The third kappa shape index (κ3) is 6.77. The molecule has 1 heterocycles. The molecule has 2 N–H and O–H groups in total. The number of piperidine rings is 1. The summed E-state index contributed by atoms with van der Waals surface area (Å²) in [4.78, 5) is 25.2. The molecule has 1 aliphatic heterocycles. The SMILES string of the molecule is CCCCC1CC(NC(=O)C(C)(C)C)CN(CCC(=O)O)C1. The van der Waals surface area contributed by atoms with E-state index in [-0.39, 0.29) is 23.8 Å². The summed E-state index contributed by atoms with van der Waals surface area (Å²) in [5.74, 6) is -0.134. The highest BCUT2D eigenvalue weighted by Gasteiger charge is 2.30. The Balaban J connectivity index is 2.61. The Bertz CT molecular complexity index is 377. The van der Waals surface area contributed by atoms with Gasteiger partial charge < -0.3 is 15.3 Å². The van der Waals surface area contributed by atoms with Crippen LogP contribution in [0.4, 0.5) is 0 Å². The normalized spacial score (nSPS) is 23.3. The van der Waals surface area contributed by atoms with Gasteiger partial charge in [0.15, 0.2) is 0 Å². The van der Waals surface area contributed by atoms with Crippen LogP contribution in [0.3, 0.4) is 0 Å². The molecule has 1 saturated heterocycles. The van der Waals surface area contributed by atoms with Gasteiger partial charge in [0.2, 0.25) is 5.91 Å². The lowest BCUT2D eigenvalue weighted by molar-refractivity contribution is -0.137. The molecule has 0 spiro atoms. The second-order valence-corrected chi connectivity index (χ2v) is 7.57. The zero-order chi connectivity index (χ0) is 16.8. The van der Waals surface area contributed by atoms with Crippen molar-refractivity contribution >= 4 is 11.9 Å². The van der Waals surface area contributed by atoms with Crippen molar-refractivity contribution in [3.05, 3.63) is 0 Å². The number of amides is 1. The number of aliphatic carboxylic acids is 1. The maximum atomic E-state index is 12.2. The van der Waals surface area contributed by atoms with Crippen molar-refractivity contribution in [2.75, 3.05) is 19.6 Å². The average molecular weight is 312 g/mol. The van der Waals surface area contributed by atoms with E-state index >= 15 is 0 Å². The van der Waals surface area contributed by atoms with E-state index in [4.69, 9.17) is 5.11 Å². The van der Waals surface area contributed by atoms with Gasteiger partial charge in [-0.15, -0.1) is 0 Å². The van der Waals surface area contributed by atoms with E-state index in [1.54, 1.807) is 0 Å². The molecule has 2 atom stereocenters. The van der Waals surface area contributed by atoms with Gasteiger partial charge >= 0.3 is 5.97 Å². The minimum absolute atomic E-state index is 0.0758. The van der Waals surface area contributed by atoms with E-state index in [0.717, 1.165) is 25.9 Å². The predicted molar refractivity (Wildman–Crippen MR) is 87.7 cm³/mol. The summed E-state index contributed by atoms with van der Waals surface area (Å²) in [5.41, 5.74) is -0.387. The van der Waals surface area contributed by atoms with Gasteiger partial charge in [-0.3, -0.25) is 9.59 Å². The van der Waals surface area contributed by atoms with Crippen LogP contribution in [0.2, 0.25) is 0 Å². The second kappa shape index (κ2) is 8.51. The summed E-state index contributed by atoms with van der Waals surface area (Å²) in [6.07, 6.45) is 4.69. The summed E-state index contributed by atoms with van der Waals surface area (Å²) in [6.45, 7) is 10.2. The molecule has 0 saturated carbocycles. The minimum atomic E-state index is -0.758. The van der Waals surface area contributed by atoms with Crippen LogP contribution in [-0.2, 0) is 9.59 Å². The lowest BCUT2D eigenvalue weighted by Crippen LogP contribution is -2.53. The third-order valence-corrected chi connectivity index (χ3v) is 4.24. The number of rotatable bonds is 7. The first-order valence-corrected chi connectivity index (χ1v) is 8.47.